The summed E-state index contributed by atoms with van der Waals surface area (Å²) < 4.78 is 15.0. The molecule has 0 saturated heterocycles. The van der Waals surface area contributed by atoms with Gasteiger partial charge < -0.3 is 14.0 Å². The van der Waals surface area contributed by atoms with Crippen molar-refractivity contribution in [1.82, 2.24) is 5.16 Å². The second-order valence-electron chi connectivity index (χ2n) is 3.63. The van der Waals surface area contributed by atoms with Crippen LogP contribution in [0.1, 0.15) is 22.8 Å². The molecule has 2 aromatic rings. The molecule has 0 aliphatic heterocycles. The molecule has 1 aromatic carbocycles. The SMILES string of the molecule is CCc1cc(OC)ccc1OC(=O)c1cnoc1. The summed E-state index contributed by atoms with van der Waals surface area (Å²) >= 11 is 0. The predicted molar refractivity (Wildman–Crippen MR) is 63.8 cm³/mol. The van der Waals surface area contributed by atoms with E-state index in [1.807, 2.05) is 13.0 Å². The summed E-state index contributed by atoms with van der Waals surface area (Å²) in [4.78, 5) is 11.7. The summed E-state index contributed by atoms with van der Waals surface area (Å²) in [7, 11) is 1.59. The molecule has 5 heteroatoms. The Balaban J connectivity index is 2.21. The smallest absolute Gasteiger partial charge is 0.348 e. The minimum atomic E-state index is -0.490. The van der Waals surface area contributed by atoms with Crippen LogP contribution in [0.2, 0.25) is 0 Å². The van der Waals surface area contributed by atoms with Gasteiger partial charge in [0.2, 0.25) is 0 Å². The highest BCUT2D eigenvalue weighted by Gasteiger charge is 2.13. The number of esters is 1. The van der Waals surface area contributed by atoms with Crippen LogP contribution in [-0.4, -0.2) is 18.2 Å². The maximum atomic E-state index is 11.7. The van der Waals surface area contributed by atoms with Gasteiger partial charge in [-0.3, -0.25) is 0 Å². The maximum absolute atomic E-state index is 11.7. The Morgan fingerprint density at radius 3 is 2.89 bits per heavy atom. The second-order valence-corrected chi connectivity index (χ2v) is 3.63. The molecule has 0 unspecified atom stereocenters. The first-order valence-electron chi connectivity index (χ1n) is 5.53. The van der Waals surface area contributed by atoms with Crippen LogP contribution in [0.5, 0.6) is 11.5 Å². The molecule has 0 N–H and O–H groups in total. The number of aryl methyl sites for hydroxylation is 1. The lowest BCUT2D eigenvalue weighted by atomic mass is 10.1. The van der Waals surface area contributed by atoms with E-state index in [1.54, 1.807) is 19.2 Å². The van der Waals surface area contributed by atoms with Gasteiger partial charge in [0, 0.05) is 0 Å². The summed E-state index contributed by atoms with van der Waals surface area (Å²) in [5, 5.41) is 3.46. The van der Waals surface area contributed by atoms with Gasteiger partial charge in [-0.2, -0.15) is 0 Å². The van der Waals surface area contributed by atoms with Crippen molar-refractivity contribution in [3.8, 4) is 11.5 Å². The lowest BCUT2D eigenvalue weighted by Gasteiger charge is -2.09. The van der Waals surface area contributed by atoms with Gasteiger partial charge in [-0.25, -0.2) is 4.79 Å². The van der Waals surface area contributed by atoms with Gasteiger partial charge in [0.15, 0.2) is 0 Å². The summed E-state index contributed by atoms with van der Waals surface area (Å²) in [6.07, 6.45) is 3.30. The number of ether oxygens (including phenoxy) is 2. The van der Waals surface area contributed by atoms with Crippen molar-refractivity contribution in [2.45, 2.75) is 13.3 Å². The first kappa shape index (κ1) is 12.2. The largest absolute Gasteiger partial charge is 0.497 e. The fourth-order valence-corrected chi connectivity index (χ4v) is 1.52. The molecule has 0 amide bonds. The van der Waals surface area contributed by atoms with Crippen molar-refractivity contribution < 1.29 is 18.8 Å². The molecular formula is C13H13NO4. The zero-order valence-electron chi connectivity index (χ0n) is 10.2. The van der Waals surface area contributed by atoms with Crippen LogP contribution < -0.4 is 9.47 Å². The van der Waals surface area contributed by atoms with Gasteiger partial charge in [0.25, 0.3) is 0 Å². The van der Waals surface area contributed by atoms with Crippen molar-refractivity contribution in [3.05, 3.63) is 41.8 Å². The Bertz CT molecular complexity index is 534. The lowest BCUT2D eigenvalue weighted by molar-refractivity contribution is 0.0732. The molecule has 2 rings (SSSR count). The molecule has 0 radical (unpaired) electrons. The van der Waals surface area contributed by atoms with Crippen LogP contribution in [0.3, 0.4) is 0 Å². The molecule has 94 valence electrons. The normalized spacial score (nSPS) is 10.1. The van der Waals surface area contributed by atoms with Gasteiger partial charge in [-0.1, -0.05) is 12.1 Å². The van der Waals surface area contributed by atoms with E-state index in [-0.39, 0.29) is 5.56 Å². The molecular weight excluding hydrogens is 234 g/mol. The Kier molecular flexibility index (Phi) is 3.62. The van der Waals surface area contributed by atoms with Crippen molar-refractivity contribution >= 4 is 5.97 Å². The molecule has 0 atom stereocenters. The number of benzene rings is 1. The van der Waals surface area contributed by atoms with E-state index < -0.39 is 5.97 Å². The standard InChI is InChI=1S/C13H13NO4/c1-3-9-6-11(16-2)4-5-12(9)18-13(15)10-7-14-17-8-10/h4-8H,3H2,1-2H3. The first-order chi connectivity index (χ1) is 8.74. The second kappa shape index (κ2) is 5.35. The third-order valence-electron chi connectivity index (χ3n) is 2.52. The average Bonchev–Trinajstić information content (AvgIpc) is 2.93. The van der Waals surface area contributed by atoms with E-state index in [0.717, 1.165) is 17.7 Å². The molecule has 18 heavy (non-hydrogen) atoms. The summed E-state index contributed by atoms with van der Waals surface area (Å²) in [5.74, 6) is 0.761. The number of carbonyl (C=O) groups excluding carboxylic acids is 1. The van der Waals surface area contributed by atoms with Crippen LogP contribution in [0, 0.1) is 0 Å². The van der Waals surface area contributed by atoms with Crippen LogP contribution in [0.15, 0.2) is 35.2 Å². The Labute approximate surface area is 104 Å². The minimum absolute atomic E-state index is 0.285. The number of hydrogen-bond donors (Lipinski definition) is 0. The highest BCUT2D eigenvalue weighted by atomic mass is 16.5. The van der Waals surface area contributed by atoms with E-state index in [0.29, 0.717) is 5.75 Å². The maximum Gasteiger partial charge on any atom is 0.348 e. The number of nitrogens with zero attached hydrogens (tertiary/aromatic N) is 1. The first-order valence-corrected chi connectivity index (χ1v) is 5.53. The van der Waals surface area contributed by atoms with E-state index in [9.17, 15) is 4.79 Å². The van der Waals surface area contributed by atoms with Crippen molar-refractivity contribution in [2.75, 3.05) is 7.11 Å². The number of methoxy groups -OCH3 is 1. The van der Waals surface area contributed by atoms with E-state index >= 15 is 0 Å². The average molecular weight is 247 g/mol. The molecule has 0 aliphatic carbocycles. The van der Waals surface area contributed by atoms with E-state index in [4.69, 9.17) is 9.47 Å². The molecule has 0 spiro atoms. The number of aromatic nitrogens is 1. The molecule has 5 nitrogen and oxygen atoms in total. The van der Waals surface area contributed by atoms with Gasteiger partial charge in [0.05, 0.1) is 13.3 Å². The zero-order chi connectivity index (χ0) is 13.0. The van der Waals surface area contributed by atoms with Crippen molar-refractivity contribution in [1.29, 1.82) is 0 Å². The van der Waals surface area contributed by atoms with Gasteiger partial charge in [-0.05, 0) is 30.2 Å². The third-order valence-corrected chi connectivity index (χ3v) is 2.52. The lowest BCUT2D eigenvalue weighted by Crippen LogP contribution is -2.08. The summed E-state index contributed by atoms with van der Waals surface area (Å²) in [5.41, 5.74) is 1.19. The molecule has 0 aliphatic rings. The molecule has 0 saturated carbocycles. The van der Waals surface area contributed by atoms with E-state index in [1.165, 1.54) is 12.5 Å². The fourth-order valence-electron chi connectivity index (χ4n) is 1.52. The van der Waals surface area contributed by atoms with Crippen LogP contribution in [0.25, 0.3) is 0 Å². The quantitative estimate of drug-likeness (QED) is 0.613. The van der Waals surface area contributed by atoms with E-state index in [2.05, 4.69) is 9.68 Å². The van der Waals surface area contributed by atoms with Crippen LogP contribution in [0.4, 0.5) is 0 Å². The topological polar surface area (TPSA) is 61.6 Å². The highest BCUT2D eigenvalue weighted by molar-refractivity contribution is 5.90. The van der Waals surface area contributed by atoms with Crippen molar-refractivity contribution in [3.63, 3.8) is 0 Å². The van der Waals surface area contributed by atoms with Crippen LogP contribution >= 0.6 is 0 Å². The Morgan fingerprint density at radius 2 is 2.28 bits per heavy atom. The number of rotatable bonds is 4. The third kappa shape index (κ3) is 2.51. The Morgan fingerprint density at radius 1 is 1.44 bits per heavy atom. The van der Waals surface area contributed by atoms with Crippen LogP contribution in [-0.2, 0) is 6.42 Å². The molecule has 0 fully saturated rings. The summed E-state index contributed by atoms with van der Waals surface area (Å²) in [6, 6.07) is 5.30. The minimum Gasteiger partial charge on any atom is -0.497 e. The Hall–Kier alpha value is -2.30. The number of carbonyl (C=O) groups is 1. The number of hydrogen-bond acceptors (Lipinski definition) is 5. The van der Waals surface area contributed by atoms with Crippen molar-refractivity contribution in [2.24, 2.45) is 0 Å². The monoisotopic (exact) mass is 247 g/mol. The predicted octanol–water partition coefficient (Wildman–Crippen LogP) is 2.46. The zero-order valence-corrected chi connectivity index (χ0v) is 10.2. The molecule has 1 aromatic heterocycles. The molecule has 0 bridgehead atoms. The fraction of sp³-hybridized carbons (Fsp3) is 0.231. The highest BCUT2D eigenvalue weighted by Crippen LogP contribution is 2.25. The summed E-state index contributed by atoms with van der Waals surface area (Å²) in [6.45, 7) is 1.98. The van der Waals surface area contributed by atoms with Gasteiger partial charge >= 0.3 is 5.97 Å². The van der Waals surface area contributed by atoms with Gasteiger partial charge in [0.1, 0.15) is 23.3 Å². The molecule has 1 heterocycles. The van der Waals surface area contributed by atoms with Gasteiger partial charge in [-0.15, -0.1) is 0 Å².